The van der Waals surface area contributed by atoms with Crippen LogP contribution in [0.3, 0.4) is 0 Å². The molecule has 2 aliphatic carbocycles. The number of benzene rings is 1. The lowest BCUT2D eigenvalue weighted by atomic mass is 9.85. The average molecular weight is 580 g/mol. The molecule has 2 aliphatic heterocycles. The molecule has 42 heavy (non-hydrogen) atoms. The van der Waals surface area contributed by atoms with Crippen molar-refractivity contribution in [2.24, 2.45) is 18.9 Å². The van der Waals surface area contributed by atoms with E-state index < -0.39 is 11.9 Å². The number of carbonyl (C=O) groups excluding carboxylic acids is 2. The molecule has 3 heterocycles. The summed E-state index contributed by atoms with van der Waals surface area (Å²) in [6.07, 6.45) is 14.2. The summed E-state index contributed by atoms with van der Waals surface area (Å²) in [6, 6.07) is 6.18. The topological polar surface area (TPSA) is 88.8 Å². The Labute approximate surface area is 249 Å². The minimum absolute atomic E-state index is 0.219. The summed E-state index contributed by atoms with van der Waals surface area (Å²) in [5.74, 6) is 0.977. The van der Waals surface area contributed by atoms with Crippen LogP contribution in [0.4, 0.5) is 0 Å². The number of likely N-dealkylation sites (tertiary alicyclic amines) is 1. The normalized spacial score (nSPS) is 26.6. The van der Waals surface area contributed by atoms with Crippen LogP contribution in [-0.2, 0) is 27.9 Å². The Balaban J connectivity index is 0.928. The van der Waals surface area contributed by atoms with Gasteiger partial charge < -0.3 is 9.64 Å². The zero-order valence-electron chi connectivity index (χ0n) is 25.6. The van der Waals surface area contributed by atoms with Crippen molar-refractivity contribution in [2.45, 2.75) is 102 Å². The van der Waals surface area contributed by atoms with E-state index in [1.807, 2.05) is 6.07 Å². The summed E-state index contributed by atoms with van der Waals surface area (Å²) in [6.45, 7) is 5.18. The molecule has 4 aliphatic rings. The molecule has 1 N–H and O–H groups in total. The van der Waals surface area contributed by atoms with E-state index in [9.17, 15) is 14.4 Å². The number of aromatic nitrogens is 2. The number of fused-ring (bicyclic) bond motifs is 1. The number of aryl methyl sites for hydroxylation is 1. The Morgan fingerprint density at radius 1 is 0.952 bits per heavy atom. The fourth-order valence-electron chi connectivity index (χ4n) is 7.79. The number of carbonyl (C=O) groups is 2. The minimum Gasteiger partial charge on any atom is -0.378 e. The second-order valence-electron chi connectivity index (χ2n) is 13.6. The molecule has 2 amide bonds. The second kappa shape index (κ2) is 13.0. The lowest BCUT2D eigenvalue weighted by Gasteiger charge is -2.42. The molecule has 4 fully saturated rings. The van der Waals surface area contributed by atoms with Gasteiger partial charge in [-0.1, -0.05) is 25.3 Å². The van der Waals surface area contributed by atoms with Crippen molar-refractivity contribution in [1.29, 1.82) is 0 Å². The highest BCUT2D eigenvalue weighted by atomic mass is 16.5. The van der Waals surface area contributed by atoms with E-state index >= 15 is 0 Å². The molecule has 2 saturated heterocycles. The first-order valence-electron chi connectivity index (χ1n) is 16.4. The molecular weight excluding hydrogens is 530 g/mol. The van der Waals surface area contributed by atoms with Gasteiger partial charge in [-0.3, -0.25) is 28.9 Å². The number of nitrogens with zero attached hydrogens (tertiary/aromatic N) is 4. The maximum atomic E-state index is 13.1. The van der Waals surface area contributed by atoms with Gasteiger partial charge in [-0.2, -0.15) is 0 Å². The number of ether oxygens (including phenoxy) is 1. The van der Waals surface area contributed by atoms with Gasteiger partial charge in [-0.05, 0) is 101 Å². The summed E-state index contributed by atoms with van der Waals surface area (Å²) in [5, 5.41) is 2.38. The smallest absolute Gasteiger partial charge is 0.329 e. The van der Waals surface area contributed by atoms with Crippen LogP contribution in [0, 0.1) is 11.8 Å². The molecule has 230 valence electrons. The van der Waals surface area contributed by atoms with Gasteiger partial charge in [-0.25, -0.2) is 4.79 Å². The van der Waals surface area contributed by atoms with Crippen LogP contribution in [-0.4, -0.2) is 76.2 Å². The number of imidazole rings is 1. The van der Waals surface area contributed by atoms with Gasteiger partial charge >= 0.3 is 5.69 Å². The summed E-state index contributed by atoms with van der Waals surface area (Å²) in [5.41, 5.74) is 2.53. The highest BCUT2D eigenvalue weighted by Crippen LogP contribution is 2.32. The van der Waals surface area contributed by atoms with E-state index in [-0.39, 0.29) is 18.0 Å². The number of imide groups is 1. The highest BCUT2D eigenvalue weighted by Gasteiger charge is 2.34. The molecule has 6 rings (SSSR count). The zero-order valence-corrected chi connectivity index (χ0v) is 25.6. The first kappa shape index (κ1) is 29.6. The first-order chi connectivity index (χ1) is 20.4. The van der Waals surface area contributed by atoms with Gasteiger partial charge in [0.25, 0.3) is 0 Å². The molecule has 1 aromatic heterocycles. The third-order valence-corrected chi connectivity index (χ3v) is 10.6. The predicted octanol–water partition coefficient (Wildman–Crippen LogP) is 3.98. The van der Waals surface area contributed by atoms with Crippen molar-refractivity contribution in [3.8, 4) is 0 Å². The SMILES string of the molecule is CN(CC1CCCCC1)C1CC(OCCC2CCN(Cc3ccc4c(c3)n(C)c(=O)n4C3CCC(=O)NC3=O)CC2)C1. The largest absolute Gasteiger partial charge is 0.378 e. The number of piperidine rings is 2. The van der Waals surface area contributed by atoms with Crippen molar-refractivity contribution < 1.29 is 14.3 Å². The number of hydrogen-bond acceptors (Lipinski definition) is 6. The molecule has 2 aromatic rings. The molecule has 1 aromatic carbocycles. The van der Waals surface area contributed by atoms with Crippen LogP contribution in [0.2, 0.25) is 0 Å². The van der Waals surface area contributed by atoms with Crippen LogP contribution in [0.15, 0.2) is 23.0 Å². The average Bonchev–Trinajstić information content (AvgIpc) is 3.20. The molecule has 9 nitrogen and oxygen atoms in total. The summed E-state index contributed by atoms with van der Waals surface area (Å²) < 4.78 is 9.45. The second-order valence-corrected chi connectivity index (χ2v) is 13.6. The van der Waals surface area contributed by atoms with E-state index in [1.54, 1.807) is 16.2 Å². The Morgan fingerprint density at radius 3 is 2.45 bits per heavy atom. The molecule has 9 heteroatoms. The molecule has 1 atom stereocenters. The standard InChI is InChI=1S/C33H49N5O4/c1-35(21-24-6-4-3-5-7-24)26-19-27(20-26)42-17-14-23-12-15-37(16-13-23)22-25-8-9-28-30(18-25)36(2)33(41)38(28)29-10-11-31(39)34-32(29)40/h8-9,18,23-24,26-27,29H,3-7,10-17,19-22H2,1-2H3,(H,34,39,40). The summed E-state index contributed by atoms with van der Waals surface area (Å²) in [4.78, 5) is 42.2. The number of rotatable bonds is 10. The molecule has 0 radical (unpaired) electrons. The Morgan fingerprint density at radius 2 is 1.71 bits per heavy atom. The van der Waals surface area contributed by atoms with E-state index in [2.05, 4.69) is 34.3 Å². The Bertz CT molecular complexity index is 1310. The van der Waals surface area contributed by atoms with Crippen LogP contribution in [0.5, 0.6) is 0 Å². The van der Waals surface area contributed by atoms with Gasteiger partial charge in [0.15, 0.2) is 0 Å². The quantitative estimate of drug-likeness (QED) is 0.429. The van der Waals surface area contributed by atoms with Crippen molar-refractivity contribution in [1.82, 2.24) is 24.3 Å². The van der Waals surface area contributed by atoms with E-state index in [0.29, 0.717) is 12.5 Å². The van der Waals surface area contributed by atoms with E-state index in [4.69, 9.17) is 4.74 Å². The highest BCUT2D eigenvalue weighted by molar-refractivity contribution is 6.00. The van der Waals surface area contributed by atoms with Crippen molar-refractivity contribution in [2.75, 3.05) is 33.3 Å². The third-order valence-electron chi connectivity index (χ3n) is 10.6. The number of hydrogen-bond donors (Lipinski definition) is 1. The lowest BCUT2D eigenvalue weighted by molar-refractivity contribution is -0.135. The van der Waals surface area contributed by atoms with Gasteiger partial charge in [0, 0.05) is 39.2 Å². The lowest BCUT2D eigenvalue weighted by Crippen LogP contribution is -2.48. The third kappa shape index (κ3) is 6.53. The van der Waals surface area contributed by atoms with Gasteiger partial charge in [0.1, 0.15) is 6.04 Å². The van der Waals surface area contributed by atoms with E-state index in [0.717, 1.165) is 61.6 Å². The molecule has 1 unspecified atom stereocenters. The van der Waals surface area contributed by atoms with Gasteiger partial charge in [0.05, 0.1) is 17.1 Å². The van der Waals surface area contributed by atoms with Crippen LogP contribution in [0.1, 0.15) is 88.7 Å². The van der Waals surface area contributed by atoms with Crippen LogP contribution in [0.25, 0.3) is 11.0 Å². The van der Waals surface area contributed by atoms with Gasteiger partial charge in [0.2, 0.25) is 11.8 Å². The van der Waals surface area contributed by atoms with Crippen LogP contribution >= 0.6 is 0 Å². The van der Waals surface area contributed by atoms with Crippen molar-refractivity contribution in [3.05, 3.63) is 34.2 Å². The summed E-state index contributed by atoms with van der Waals surface area (Å²) >= 11 is 0. The monoisotopic (exact) mass is 579 g/mol. The fraction of sp³-hybridized carbons (Fsp3) is 0.727. The fourth-order valence-corrected chi connectivity index (χ4v) is 7.79. The molecule has 0 bridgehead atoms. The molecular formula is C33H49N5O4. The van der Waals surface area contributed by atoms with Crippen molar-refractivity contribution in [3.63, 3.8) is 0 Å². The zero-order chi connectivity index (χ0) is 29.2. The number of amides is 2. The van der Waals surface area contributed by atoms with Crippen molar-refractivity contribution >= 4 is 22.8 Å². The molecule has 0 spiro atoms. The Hall–Kier alpha value is -2.49. The van der Waals surface area contributed by atoms with Crippen LogP contribution < -0.4 is 11.0 Å². The van der Waals surface area contributed by atoms with E-state index in [1.165, 1.54) is 69.9 Å². The minimum atomic E-state index is -0.647. The first-order valence-corrected chi connectivity index (χ1v) is 16.4. The predicted molar refractivity (Wildman–Crippen MR) is 163 cm³/mol. The maximum Gasteiger partial charge on any atom is 0.329 e. The Kier molecular flexibility index (Phi) is 9.17. The maximum absolute atomic E-state index is 13.1. The van der Waals surface area contributed by atoms with Gasteiger partial charge in [-0.15, -0.1) is 0 Å². The molecule has 2 saturated carbocycles. The number of nitrogens with one attached hydrogen (secondary N) is 1. The summed E-state index contributed by atoms with van der Waals surface area (Å²) in [7, 11) is 4.07.